The predicted octanol–water partition coefficient (Wildman–Crippen LogP) is 2.21. The third-order valence-corrected chi connectivity index (χ3v) is 2.50. The van der Waals surface area contributed by atoms with Crippen molar-refractivity contribution in [3.8, 4) is 0 Å². The number of benzene rings is 1. The molecule has 0 saturated heterocycles. The third kappa shape index (κ3) is 3.22. The Morgan fingerprint density at radius 3 is 2.80 bits per heavy atom. The topological polar surface area (TPSA) is 52.3 Å². The summed E-state index contributed by atoms with van der Waals surface area (Å²) in [5.74, 6) is -0.334. The van der Waals surface area contributed by atoms with Crippen LogP contribution in [-0.2, 0) is 9.53 Å². The summed E-state index contributed by atoms with van der Waals surface area (Å²) in [6.07, 6.45) is 0.138. The fraction of sp³-hybridized carbons (Fsp3) is 0.364. The molecule has 0 aromatic heterocycles. The first-order valence-corrected chi connectivity index (χ1v) is 5.01. The van der Waals surface area contributed by atoms with Gasteiger partial charge in [0.25, 0.3) is 0 Å². The predicted molar refractivity (Wildman–Crippen MR) is 59.8 cm³/mol. The summed E-state index contributed by atoms with van der Waals surface area (Å²) in [6.45, 7) is 1.95. The van der Waals surface area contributed by atoms with Crippen molar-refractivity contribution in [2.75, 3.05) is 7.11 Å². The van der Waals surface area contributed by atoms with Crippen LogP contribution in [0.3, 0.4) is 0 Å². The molecule has 0 aliphatic rings. The van der Waals surface area contributed by atoms with Crippen molar-refractivity contribution in [1.82, 2.24) is 0 Å². The summed E-state index contributed by atoms with van der Waals surface area (Å²) in [7, 11) is 1.34. The lowest BCUT2D eigenvalue weighted by atomic mass is 10.0. The van der Waals surface area contributed by atoms with Crippen molar-refractivity contribution in [3.05, 3.63) is 34.3 Å². The molecule has 1 rings (SSSR count). The minimum absolute atomic E-state index is 0.138. The van der Waals surface area contributed by atoms with Crippen LogP contribution in [0.5, 0.6) is 0 Å². The van der Waals surface area contributed by atoms with Gasteiger partial charge < -0.3 is 10.5 Å². The Hall–Kier alpha value is -1.06. The second kappa shape index (κ2) is 5.14. The van der Waals surface area contributed by atoms with Crippen molar-refractivity contribution >= 4 is 17.6 Å². The molecule has 3 nitrogen and oxygen atoms in total. The summed E-state index contributed by atoms with van der Waals surface area (Å²) in [6, 6.07) is 5.17. The average molecular weight is 228 g/mol. The molecule has 0 radical (unpaired) electrons. The molecule has 0 bridgehead atoms. The number of ether oxygens (including phenoxy) is 1. The molecule has 82 valence electrons. The molecule has 1 atom stereocenters. The van der Waals surface area contributed by atoms with Gasteiger partial charge in [-0.2, -0.15) is 0 Å². The van der Waals surface area contributed by atoms with Gasteiger partial charge in [-0.3, -0.25) is 4.79 Å². The molecule has 0 spiro atoms. The fourth-order valence-corrected chi connectivity index (χ4v) is 1.68. The fourth-order valence-electron chi connectivity index (χ4n) is 1.31. The van der Waals surface area contributed by atoms with E-state index in [4.69, 9.17) is 17.3 Å². The van der Waals surface area contributed by atoms with Gasteiger partial charge in [0.15, 0.2) is 0 Å². The van der Waals surface area contributed by atoms with Crippen LogP contribution in [0, 0.1) is 6.92 Å². The van der Waals surface area contributed by atoms with Crippen LogP contribution in [0.2, 0.25) is 5.02 Å². The Labute approximate surface area is 94.2 Å². The number of hydrogen-bond donors (Lipinski definition) is 1. The number of halogens is 1. The van der Waals surface area contributed by atoms with E-state index in [1.807, 2.05) is 25.1 Å². The number of carbonyl (C=O) groups excluding carboxylic acids is 1. The highest BCUT2D eigenvalue weighted by atomic mass is 35.5. The molecule has 0 fully saturated rings. The summed E-state index contributed by atoms with van der Waals surface area (Å²) in [5.41, 5.74) is 7.67. The summed E-state index contributed by atoms with van der Waals surface area (Å²) >= 11 is 6.02. The zero-order chi connectivity index (χ0) is 11.4. The number of esters is 1. The van der Waals surface area contributed by atoms with Gasteiger partial charge in [-0.05, 0) is 24.1 Å². The minimum Gasteiger partial charge on any atom is -0.469 e. The molecule has 0 unspecified atom stereocenters. The SMILES string of the molecule is COC(=O)C[C@H](N)c1ccc(C)cc1Cl. The maximum atomic E-state index is 11.0. The smallest absolute Gasteiger partial charge is 0.307 e. The number of hydrogen-bond acceptors (Lipinski definition) is 3. The second-order valence-corrected chi connectivity index (χ2v) is 3.82. The van der Waals surface area contributed by atoms with E-state index >= 15 is 0 Å². The Balaban J connectivity index is 2.82. The zero-order valence-corrected chi connectivity index (χ0v) is 9.54. The monoisotopic (exact) mass is 227 g/mol. The van der Waals surface area contributed by atoms with Gasteiger partial charge in [-0.1, -0.05) is 23.7 Å². The summed E-state index contributed by atoms with van der Waals surface area (Å²) < 4.78 is 4.54. The number of aryl methyl sites for hydroxylation is 1. The van der Waals surface area contributed by atoms with E-state index in [0.717, 1.165) is 11.1 Å². The number of rotatable bonds is 3. The average Bonchev–Trinajstić information content (AvgIpc) is 2.17. The van der Waals surface area contributed by atoms with Gasteiger partial charge >= 0.3 is 5.97 Å². The molecule has 0 aliphatic carbocycles. The standard InChI is InChI=1S/C11H14ClNO2/c1-7-3-4-8(9(12)5-7)10(13)6-11(14)15-2/h3-5,10H,6,13H2,1-2H3/t10-/m0/s1. The van der Waals surface area contributed by atoms with E-state index in [1.54, 1.807) is 0 Å². The van der Waals surface area contributed by atoms with E-state index in [2.05, 4.69) is 4.74 Å². The molecule has 15 heavy (non-hydrogen) atoms. The summed E-state index contributed by atoms with van der Waals surface area (Å²) in [5, 5.41) is 0.589. The van der Waals surface area contributed by atoms with Gasteiger partial charge in [-0.15, -0.1) is 0 Å². The van der Waals surface area contributed by atoms with Crippen LogP contribution < -0.4 is 5.73 Å². The van der Waals surface area contributed by atoms with Crippen molar-refractivity contribution in [1.29, 1.82) is 0 Å². The first kappa shape index (κ1) is 12.0. The molecule has 0 amide bonds. The van der Waals surface area contributed by atoms with E-state index in [0.29, 0.717) is 5.02 Å². The van der Waals surface area contributed by atoms with Crippen molar-refractivity contribution in [2.24, 2.45) is 5.73 Å². The lowest BCUT2D eigenvalue weighted by molar-refractivity contribution is -0.141. The Kier molecular flexibility index (Phi) is 4.12. The molecule has 0 saturated carbocycles. The number of methoxy groups -OCH3 is 1. The summed E-state index contributed by atoms with van der Waals surface area (Å²) in [4.78, 5) is 11.0. The highest BCUT2D eigenvalue weighted by Crippen LogP contribution is 2.24. The van der Waals surface area contributed by atoms with E-state index in [9.17, 15) is 4.79 Å². The van der Waals surface area contributed by atoms with Crippen molar-refractivity contribution in [2.45, 2.75) is 19.4 Å². The van der Waals surface area contributed by atoms with Gasteiger partial charge in [-0.25, -0.2) is 0 Å². The molecule has 1 aromatic rings. The highest BCUT2D eigenvalue weighted by Gasteiger charge is 2.14. The van der Waals surface area contributed by atoms with Crippen molar-refractivity contribution < 1.29 is 9.53 Å². The lowest BCUT2D eigenvalue weighted by Gasteiger charge is -2.12. The maximum Gasteiger partial charge on any atom is 0.307 e. The molecule has 0 heterocycles. The minimum atomic E-state index is -0.412. The molecule has 2 N–H and O–H groups in total. The Morgan fingerprint density at radius 1 is 1.60 bits per heavy atom. The second-order valence-electron chi connectivity index (χ2n) is 3.41. The quantitative estimate of drug-likeness (QED) is 0.806. The van der Waals surface area contributed by atoms with Crippen LogP contribution in [0.25, 0.3) is 0 Å². The number of nitrogens with two attached hydrogens (primary N) is 1. The normalized spacial score (nSPS) is 12.3. The molecular weight excluding hydrogens is 214 g/mol. The van der Waals surface area contributed by atoms with Gasteiger partial charge in [0.05, 0.1) is 13.5 Å². The van der Waals surface area contributed by atoms with Gasteiger partial charge in [0.1, 0.15) is 0 Å². The van der Waals surface area contributed by atoms with E-state index < -0.39 is 6.04 Å². The van der Waals surface area contributed by atoms with Crippen molar-refractivity contribution in [3.63, 3.8) is 0 Å². The van der Waals surface area contributed by atoms with E-state index in [-0.39, 0.29) is 12.4 Å². The lowest BCUT2D eigenvalue weighted by Crippen LogP contribution is -2.16. The third-order valence-electron chi connectivity index (χ3n) is 2.17. The number of carbonyl (C=O) groups is 1. The Morgan fingerprint density at radius 2 is 2.27 bits per heavy atom. The van der Waals surface area contributed by atoms with Crippen LogP contribution in [0.4, 0.5) is 0 Å². The molecule has 4 heteroatoms. The first-order chi connectivity index (χ1) is 7.04. The molecule has 0 aliphatic heterocycles. The highest BCUT2D eigenvalue weighted by molar-refractivity contribution is 6.31. The van der Waals surface area contributed by atoms with Crippen LogP contribution in [0.15, 0.2) is 18.2 Å². The first-order valence-electron chi connectivity index (χ1n) is 4.63. The molecule has 1 aromatic carbocycles. The molecular formula is C11H14ClNO2. The van der Waals surface area contributed by atoms with Gasteiger partial charge in [0.2, 0.25) is 0 Å². The van der Waals surface area contributed by atoms with Crippen LogP contribution in [0.1, 0.15) is 23.6 Å². The van der Waals surface area contributed by atoms with Crippen LogP contribution in [-0.4, -0.2) is 13.1 Å². The Bertz CT molecular complexity index is 366. The van der Waals surface area contributed by atoms with Crippen LogP contribution >= 0.6 is 11.6 Å². The van der Waals surface area contributed by atoms with E-state index in [1.165, 1.54) is 7.11 Å². The largest absolute Gasteiger partial charge is 0.469 e. The zero-order valence-electron chi connectivity index (χ0n) is 8.79. The van der Waals surface area contributed by atoms with Gasteiger partial charge in [0, 0.05) is 11.1 Å². The maximum absolute atomic E-state index is 11.0.